The fourth-order valence-corrected chi connectivity index (χ4v) is 2.69. The molecule has 0 aliphatic heterocycles. The van der Waals surface area contributed by atoms with Crippen molar-refractivity contribution in [2.24, 2.45) is 0 Å². The van der Waals surface area contributed by atoms with Crippen LogP contribution in [0.3, 0.4) is 0 Å². The topological polar surface area (TPSA) is 35.0 Å². The van der Waals surface area contributed by atoms with Crippen molar-refractivity contribution in [2.75, 3.05) is 7.11 Å². The molecule has 1 aromatic heterocycles. The molecule has 0 aliphatic rings. The maximum absolute atomic E-state index is 6.02. The Hall–Kier alpha value is -1.26. The Balaban J connectivity index is 2.17. The predicted octanol–water partition coefficient (Wildman–Crippen LogP) is 4.24. The van der Waals surface area contributed by atoms with Gasteiger partial charge in [-0.1, -0.05) is 30.3 Å². The third kappa shape index (κ3) is 4.11. The number of aryl methyl sites for hydroxylation is 1. The van der Waals surface area contributed by atoms with E-state index in [1.807, 2.05) is 24.3 Å². The molecule has 0 aliphatic carbocycles. The normalized spacial score (nSPS) is 10.5. The summed E-state index contributed by atoms with van der Waals surface area (Å²) in [6, 6.07) is 9.64. The van der Waals surface area contributed by atoms with Crippen molar-refractivity contribution in [3.63, 3.8) is 0 Å². The summed E-state index contributed by atoms with van der Waals surface area (Å²) in [6.45, 7) is 2.10. The van der Waals surface area contributed by atoms with Gasteiger partial charge in [-0.05, 0) is 30.7 Å². The fourth-order valence-electron chi connectivity index (χ4n) is 1.59. The lowest BCUT2D eigenvalue weighted by molar-refractivity contribution is 0.414. The molecule has 2 rings (SSSR count). The zero-order valence-corrected chi connectivity index (χ0v) is 12.5. The molecule has 0 spiro atoms. The lowest BCUT2D eigenvalue weighted by atomic mass is 10.3. The Kier molecular flexibility index (Phi) is 5.05. The molecular formula is C14H15ClN2OS. The first-order valence-corrected chi connectivity index (χ1v) is 7.26. The number of benzene rings is 1. The highest BCUT2D eigenvalue weighted by molar-refractivity contribution is 7.99. The molecule has 0 fully saturated rings. The second-order valence-corrected chi connectivity index (χ2v) is 5.45. The minimum absolute atomic E-state index is 0.495. The van der Waals surface area contributed by atoms with Gasteiger partial charge in [0.15, 0.2) is 0 Å². The third-order valence-corrected chi connectivity index (χ3v) is 3.59. The Labute approximate surface area is 122 Å². The summed E-state index contributed by atoms with van der Waals surface area (Å²) in [6.07, 6.45) is 1.85. The maximum Gasteiger partial charge on any atom is 0.133 e. The Morgan fingerprint density at radius 3 is 2.58 bits per heavy atom. The summed E-state index contributed by atoms with van der Waals surface area (Å²) in [4.78, 5) is 9.81. The zero-order chi connectivity index (χ0) is 13.7. The zero-order valence-electron chi connectivity index (χ0n) is 10.9. The van der Waals surface area contributed by atoms with E-state index in [2.05, 4.69) is 16.9 Å². The molecule has 0 bridgehead atoms. The number of halogens is 1. The lowest BCUT2D eigenvalue weighted by Gasteiger charge is -2.05. The maximum atomic E-state index is 6.02. The highest BCUT2D eigenvalue weighted by Crippen LogP contribution is 2.28. The van der Waals surface area contributed by atoms with Gasteiger partial charge in [0.25, 0.3) is 0 Å². The molecule has 1 aromatic carbocycles. The van der Waals surface area contributed by atoms with Gasteiger partial charge in [-0.15, -0.1) is 0 Å². The van der Waals surface area contributed by atoms with Crippen LogP contribution < -0.4 is 4.74 Å². The minimum Gasteiger partial charge on any atom is -0.497 e. The Morgan fingerprint density at radius 2 is 1.95 bits per heavy atom. The average Bonchev–Trinajstić information content (AvgIpc) is 2.39. The van der Waals surface area contributed by atoms with E-state index in [4.69, 9.17) is 16.3 Å². The van der Waals surface area contributed by atoms with E-state index in [1.165, 1.54) is 0 Å². The van der Waals surface area contributed by atoms with Crippen LogP contribution in [0.4, 0.5) is 0 Å². The van der Waals surface area contributed by atoms with Gasteiger partial charge in [0, 0.05) is 17.4 Å². The number of rotatable bonds is 5. The van der Waals surface area contributed by atoms with E-state index >= 15 is 0 Å². The molecule has 19 heavy (non-hydrogen) atoms. The van der Waals surface area contributed by atoms with Gasteiger partial charge < -0.3 is 4.74 Å². The Bertz CT molecular complexity index is 546. The van der Waals surface area contributed by atoms with E-state index in [-0.39, 0.29) is 0 Å². The van der Waals surface area contributed by atoms with Crippen molar-refractivity contribution in [1.82, 2.24) is 9.97 Å². The first kappa shape index (κ1) is 14.2. The van der Waals surface area contributed by atoms with Gasteiger partial charge in [0.2, 0.25) is 0 Å². The van der Waals surface area contributed by atoms with Crippen LogP contribution in [0.2, 0.25) is 5.15 Å². The number of ether oxygens (including phenoxy) is 1. The first-order chi connectivity index (χ1) is 9.21. The van der Waals surface area contributed by atoms with Crippen molar-refractivity contribution in [1.29, 1.82) is 0 Å². The van der Waals surface area contributed by atoms with Gasteiger partial charge in [-0.2, -0.15) is 0 Å². The molecule has 5 heteroatoms. The van der Waals surface area contributed by atoms with Crippen LogP contribution in [0, 0.1) is 0 Å². The van der Waals surface area contributed by atoms with Crippen molar-refractivity contribution in [3.05, 3.63) is 41.3 Å². The van der Waals surface area contributed by atoms with Crippen LogP contribution in [0.1, 0.15) is 19.2 Å². The second-order valence-electron chi connectivity index (χ2n) is 3.97. The smallest absolute Gasteiger partial charge is 0.133 e. The number of nitrogens with zero attached hydrogens (tertiary/aromatic N) is 2. The largest absolute Gasteiger partial charge is 0.497 e. The Morgan fingerprint density at radius 1 is 1.21 bits per heavy atom. The number of hydrogen-bond donors (Lipinski definition) is 0. The third-order valence-electron chi connectivity index (χ3n) is 2.47. The van der Waals surface area contributed by atoms with E-state index < -0.39 is 0 Å². The molecule has 100 valence electrons. The fraction of sp³-hybridized carbons (Fsp3) is 0.286. The van der Waals surface area contributed by atoms with Gasteiger partial charge >= 0.3 is 0 Å². The van der Waals surface area contributed by atoms with E-state index in [0.29, 0.717) is 5.15 Å². The molecule has 2 aromatic rings. The van der Waals surface area contributed by atoms with Crippen LogP contribution in [0.25, 0.3) is 0 Å². The second kappa shape index (κ2) is 6.78. The lowest BCUT2D eigenvalue weighted by Crippen LogP contribution is -1.96. The van der Waals surface area contributed by atoms with Gasteiger partial charge in [-0.3, -0.25) is 0 Å². The van der Waals surface area contributed by atoms with Crippen molar-refractivity contribution in [3.8, 4) is 5.75 Å². The summed E-state index contributed by atoms with van der Waals surface area (Å²) < 4.78 is 5.13. The van der Waals surface area contributed by atoms with Crippen LogP contribution in [0.5, 0.6) is 5.75 Å². The minimum atomic E-state index is 0.495. The molecule has 0 radical (unpaired) electrons. The van der Waals surface area contributed by atoms with Crippen molar-refractivity contribution in [2.45, 2.75) is 29.7 Å². The number of methoxy groups -OCH3 is 1. The molecule has 0 amide bonds. The van der Waals surface area contributed by atoms with Crippen molar-refractivity contribution < 1.29 is 4.74 Å². The van der Waals surface area contributed by atoms with E-state index in [0.717, 1.165) is 34.3 Å². The summed E-state index contributed by atoms with van der Waals surface area (Å²) in [5, 5.41) is 1.36. The van der Waals surface area contributed by atoms with Crippen LogP contribution in [-0.2, 0) is 6.42 Å². The van der Waals surface area contributed by atoms with E-state index in [1.54, 1.807) is 24.9 Å². The molecule has 0 N–H and O–H groups in total. The van der Waals surface area contributed by atoms with Crippen LogP contribution in [-0.4, -0.2) is 17.1 Å². The predicted molar refractivity (Wildman–Crippen MR) is 78.2 cm³/mol. The van der Waals surface area contributed by atoms with Crippen molar-refractivity contribution >= 4 is 23.4 Å². The molecule has 3 nitrogen and oxygen atoms in total. The quantitative estimate of drug-likeness (QED) is 0.773. The summed E-state index contributed by atoms with van der Waals surface area (Å²) >= 11 is 7.59. The molecule has 0 saturated carbocycles. The van der Waals surface area contributed by atoms with Gasteiger partial charge in [-0.25, -0.2) is 9.97 Å². The van der Waals surface area contributed by atoms with Crippen LogP contribution in [0.15, 0.2) is 40.3 Å². The number of hydrogen-bond acceptors (Lipinski definition) is 4. The SMILES string of the molecule is CCCc1nc(Cl)cc(Sc2ccc(OC)cc2)n1. The highest BCUT2D eigenvalue weighted by atomic mass is 35.5. The average molecular weight is 295 g/mol. The molecule has 0 atom stereocenters. The summed E-state index contributed by atoms with van der Waals surface area (Å²) in [5.41, 5.74) is 0. The van der Waals surface area contributed by atoms with Crippen LogP contribution >= 0.6 is 23.4 Å². The molecule has 1 heterocycles. The monoisotopic (exact) mass is 294 g/mol. The summed E-state index contributed by atoms with van der Waals surface area (Å²) in [7, 11) is 1.66. The molecular weight excluding hydrogens is 280 g/mol. The highest BCUT2D eigenvalue weighted by Gasteiger charge is 2.05. The van der Waals surface area contributed by atoms with E-state index in [9.17, 15) is 0 Å². The summed E-state index contributed by atoms with van der Waals surface area (Å²) in [5.74, 6) is 1.64. The molecule has 0 unspecified atom stereocenters. The van der Waals surface area contributed by atoms with Gasteiger partial charge in [0.05, 0.1) is 7.11 Å². The van der Waals surface area contributed by atoms with Gasteiger partial charge in [0.1, 0.15) is 21.8 Å². The first-order valence-electron chi connectivity index (χ1n) is 6.06. The number of aromatic nitrogens is 2. The standard InChI is InChI=1S/C14H15ClN2OS/c1-3-4-13-16-12(15)9-14(17-13)19-11-7-5-10(18-2)6-8-11/h5-9H,3-4H2,1-2H3. The molecule has 0 saturated heterocycles.